The largest absolute Gasteiger partial charge is 0.492 e. The quantitative estimate of drug-likeness (QED) is 0.831. The zero-order valence-corrected chi connectivity index (χ0v) is 10.5. The first-order chi connectivity index (χ1) is 7.24. The number of aromatic nitrogens is 1. The first-order valence-electron chi connectivity index (χ1n) is 4.59. The normalized spacial score (nSPS) is 10.6. The van der Waals surface area contributed by atoms with Crippen LogP contribution in [-0.2, 0) is 0 Å². The minimum atomic E-state index is 0.608. The van der Waals surface area contributed by atoms with Crippen molar-refractivity contribution in [1.29, 1.82) is 0 Å². The van der Waals surface area contributed by atoms with Gasteiger partial charge in [-0.2, -0.15) is 0 Å². The van der Waals surface area contributed by atoms with Crippen LogP contribution in [0, 0.1) is 0 Å². The Morgan fingerprint density at radius 1 is 1.47 bits per heavy atom. The average Bonchev–Trinajstić information content (AvgIpc) is 2.25. The van der Waals surface area contributed by atoms with Crippen molar-refractivity contribution in [2.75, 3.05) is 6.61 Å². The molecule has 0 saturated heterocycles. The van der Waals surface area contributed by atoms with Gasteiger partial charge in [0.05, 0.1) is 11.6 Å². The zero-order chi connectivity index (χ0) is 10.8. The van der Waals surface area contributed by atoms with E-state index >= 15 is 0 Å². The summed E-state index contributed by atoms with van der Waals surface area (Å²) < 4.78 is 6.34. The van der Waals surface area contributed by atoms with E-state index in [9.17, 15) is 0 Å². The lowest BCUT2D eigenvalue weighted by molar-refractivity contribution is 0.343. The second-order valence-electron chi connectivity index (χ2n) is 3.01. The number of ether oxygens (including phenoxy) is 1. The molecule has 1 aromatic carbocycles. The number of hydrogen-bond donors (Lipinski definition) is 0. The highest BCUT2D eigenvalue weighted by molar-refractivity contribution is 9.10. The van der Waals surface area contributed by atoms with E-state index in [-0.39, 0.29) is 0 Å². The van der Waals surface area contributed by atoms with Gasteiger partial charge in [-0.3, -0.25) is 4.98 Å². The maximum Gasteiger partial charge on any atom is 0.145 e. The molecule has 0 bridgehead atoms. The molecule has 0 amide bonds. The van der Waals surface area contributed by atoms with E-state index in [2.05, 4.69) is 20.9 Å². The number of hydrogen-bond acceptors (Lipinski definition) is 2. The van der Waals surface area contributed by atoms with Gasteiger partial charge in [0.15, 0.2) is 0 Å². The molecule has 0 aliphatic rings. The standard InChI is InChI=1S/C11H9BrClNO/c1-2-15-9-5-3-4-7-10(12)8(13)6-14-11(7)9/h3-6H,2H2,1H3. The number of halogens is 2. The van der Waals surface area contributed by atoms with Crippen LogP contribution in [0.3, 0.4) is 0 Å². The molecule has 2 rings (SSSR count). The Morgan fingerprint density at radius 2 is 2.27 bits per heavy atom. The van der Waals surface area contributed by atoms with Crippen molar-refractivity contribution in [1.82, 2.24) is 4.98 Å². The van der Waals surface area contributed by atoms with E-state index in [0.29, 0.717) is 11.6 Å². The lowest BCUT2D eigenvalue weighted by atomic mass is 10.2. The van der Waals surface area contributed by atoms with Crippen molar-refractivity contribution in [3.63, 3.8) is 0 Å². The summed E-state index contributed by atoms with van der Waals surface area (Å²) in [7, 11) is 0. The fourth-order valence-corrected chi connectivity index (χ4v) is 1.98. The van der Waals surface area contributed by atoms with Crippen LogP contribution in [0.4, 0.5) is 0 Å². The SMILES string of the molecule is CCOc1cccc2c(Br)c(Cl)cnc12. The Morgan fingerprint density at radius 3 is 3.00 bits per heavy atom. The van der Waals surface area contributed by atoms with Crippen molar-refractivity contribution in [2.24, 2.45) is 0 Å². The summed E-state index contributed by atoms with van der Waals surface area (Å²) in [5, 5.41) is 1.57. The van der Waals surface area contributed by atoms with Crippen molar-refractivity contribution in [2.45, 2.75) is 6.92 Å². The molecule has 0 spiro atoms. The molecule has 0 unspecified atom stereocenters. The molecule has 0 aliphatic heterocycles. The molecule has 0 saturated carbocycles. The van der Waals surface area contributed by atoms with Gasteiger partial charge in [0.1, 0.15) is 11.3 Å². The summed E-state index contributed by atoms with van der Waals surface area (Å²) in [4.78, 5) is 4.27. The van der Waals surface area contributed by atoms with E-state index in [1.807, 2.05) is 25.1 Å². The molecule has 15 heavy (non-hydrogen) atoms. The number of rotatable bonds is 2. The van der Waals surface area contributed by atoms with Crippen LogP contribution in [0.5, 0.6) is 5.75 Å². The van der Waals surface area contributed by atoms with Crippen LogP contribution in [0.25, 0.3) is 10.9 Å². The zero-order valence-electron chi connectivity index (χ0n) is 8.13. The highest BCUT2D eigenvalue weighted by Crippen LogP contribution is 2.33. The summed E-state index contributed by atoms with van der Waals surface area (Å²) in [5.74, 6) is 0.785. The summed E-state index contributed by atoms with van der Waals surface area (Å²) in [5.41, 5.74) is 0.829. The average molecular weight is 287 g/mol. The van der Waals surface area contributed by atoms with Crippen molar-refractivity contribution in [3.8, 4) is 5.75 Å². The maximum atomic E-state index is 5.97. The lowest BCUT2D eigenvalue weighted by Gasteiger charge is -2.07. The molecular formula is C11H9BrClNO. The predicted octanol–water partition coefficient (Wildman–Crippen LogP) is 4.05. The maximum absolute atomic E-state index is 5.97. The van der Waals surface area contributed by atoms with Gasteiger partial charge < -0.3 is 4.74 Å². The van der Waals surface area contributed by atoms with Gasteiger partial charge in [-0.1, -0.05) is 23.7 Å². The van der Waals surface area contributed by atoms with E-state index in [1.54, 1.807) is 6.20 Å². The van der Waals surface area contributed by atoms with Gasteiger partial charge in [0, 0.05) is 16.1 Å². The van der Waals surface area contributed by atoms with Crippen LogP contribution in [0.2, 0.25) is 5.02 Å². The third-order valence-corrected chi connectivity index (χ3v) is 3.42. The van der Waals surface area contributed by atoms with Gasteiger partial charge in [-0.05, 0) is 28.9 Å². The van der Waals surface area contributed by atoms with Crippen LogP contribution >= 0.6 is 27.5 Å². The van der Waals surface area contributed by atoms with Crippen LogP contribution in [-0.4, -0.2) is 11.6 Å². The van der Waals surface area contributed by atoms with E-state index in [4.69, 9.17) is 16.3 Å². The highest BCUT2D eigenvalue weighted by atomic mass is 79.9. The monoisotopic (exact) mass is 285 g/mol. The predicted molar refractivity (Wildman–Crippen MR) is 65.6 cm³/mol. The minimum absolute atomic E-state index is 0.608. The van der Waals surface area contributed by atoms with Crippen LogP contribution < -0.4 is 4.74 Å². The molecule has 78 valence electrons. The van der Waals surface area contributed by atoms with E-state index < -0.39 is 0 Å². The summed E-state index contributed by atoms with van der Waals surface area (Å²) in [6.07, 6.45) is 1.62. The molecule has 1 aromatic heterocycles. The van der Waals surface area contributed by atoms with Gasteiger partial charge in [-0.25, -0.2) is 0 Å². The Bertz CT molecular complexity index is 501. The van der Waals surface area contributed by atoms with Crippen molar-refractivity contribution >= 4 is 38.4 Å². The molecule has 0 atom stereocenters. The summed E-state index contributed by atoms with van der Waals surface area (Å²) in [6.45, 7) is 2.57. The molecule has 4 heteroatoms. The molecule has 1 heterocycles. The molecule has 0 aliphatic carbocycles. The molecule has 0 N–H and O–H groups in total. The third kappa shape index (κ3) is 1.94. The van der Waals surface area contributed by atoms with Gasteiger partial charge in [0.25, 0.3) is 0 Å². The Balaban J connectivity index is 2.72. The smallest absolute Gasteiger partial charge is 0.145 e. The van der Waals surface area contributed by atoms with Crippen LogP contribution in [0.15, 0.2) is 28.9 Å². The fraction of sp³-hybridized carbons (Fsp3) is 0.182. The first-order valence-corrected chi connectivity index (χ1v) is 5.76. The number of fused-ring (bicyclic) bond motifs is 1. The minimum Gasteiger partial charge on any atom is -0.492 e. The third-order valence-electron chi connectivity index (χ3n) is 2.05. The summed E-state index contributed by atoms with van der Waals surface area (Å²) >= 11 is 9.41. The van der Waals surface area contributed by atoms with Crippen molar-refractivity contribution in [3.05, 3.63) is 33.9 Å². The molecule has 2 nitrogen and oxygen atoms in total. The lowest BCUT2D eigenvalue weighted by Crippen LogP contribution is -1.93. The number of pyridine rings is 1. The second-order valence-corrected chi connectivity index (χ2v) is 4.21. The Labute approximate surface area is 101 Å². The van der Waals surface area contributed by atoms with E-state index in [1.165, 1.54) is 0 Å². The first kappa shape index (κ1) is 10.7. The molecule has 0 fully saturated rings. The second kappa shape index (κ2) is 4.37. The Hall–Kier alpha value is -0.800. The topological polar surface area (TPSA) is 22.1 Å². The molecule has 0 radical (unpaired) electrons. The molecular weight excluding hydrogens is 277 g/mol. The van der Waals surface area contributed by atoms with E-state index in [0.717, 1.165) is 21.1 Å². The van der Waals surface area contributed by atoms with Gasteiger partial charge >= 0.3 is 0 Å². The summed E-state index contributed by atoms with van der Waals surface area (Å²) in [6, 6.07) is 5.79. The number of benzene rings is 1. The Kier molecular flexibility index (Phi) is 3.12. The number of para-hydroxylation sites is 1. The van der Waals surface area contributed by atoms with Crippen molar-refractivity contribution < 1.29 is 4.74 Å². The van der Waals surface area contributed by atoms with Gasteiger partial charge in [0.2, 0.25) is 0 Å². The van der Waals surface area contributed by atoms with Gasteiger partial charge in [-0.15, -0.1) is 0 Å². The fourth-order valence-electron chi connectivity index (χ4n) is 1.41. The number of nitrogens with zero attached hydrogens (tertiary/aromatic N) is 1. The highest BCUT2D eigenvalue weighted by Gasteiger charge is 2.08. The molecule has 2 aromatic rings. The van der Waals surface area contributed by atoms with Crippen LogP contribution in [0.1, 0.15) is 6.92 Å².